The van der Waals surface area contributed by atoms with E-state index in [0.717, 1.165) is 24.8 Å². The molecular weight excluding hydrogens is 356 g/mol. The van der Waals surface area contributed by atoms with E-state index >= 15 is 0 Å². The third-order valence-corrected chi connectivity index (χ3v) is 5.86. The number of rotatable bonds is 8. The summed E-state index contributed by atoms with van der Waals surface area (Å²) >= 11 is 0. The molecular formula is C21H32N4O3. The van der Waals surface area contributed by atoms with E-state index < -0.39 is 24.4 Å². The maximum Gasteiger partial charge on any atom is 0.243 e. The highest BCUT2D eigenvalue weighted by molar-refractivity contribution is 5.91. The van der Waals surface area contributed by atoms with Crippen LogP contribution in [0.25, 0.3) is 0 Å². The first-order valence-corrected chi connectivity index (χ1v) is 10.3. The van der Waals surface area contributed by atoms with Crippen LogP contribution < -0.4 is 16.4 Å². The molecule has 2 amide bonds. The summed E-state index contributed by atoms with van der Waals surface area (Å²) in [4.78, 5) is 27.5. The molecule has 0 saturated carbocycles. The zero-order valence-electron chi connectivity index (χ0n) is 16.5. The highest BCUT2D eigenvalue weighted by Crippen LogP contribution is 2.32. The van der Waals surface area contributed by atoms with Gasteiger partial charge in [-0.25, -0.2) is 0 Å². The van der Waals surface area contributed by atoms with Crippen molar-refractivity contribution >= 4 is 11.8 Å². The molecule has 2 saturated heterocycles. The van der Waals surface area contributed by atoms with Crippen LogP contribution in [0.3, 0.4) is 0 Å². The summed E-state index contributed by atoms with van der Waals surface area (Å²) in [5, 5.41) is 16.2. The molecule has 1 aromatic carbocycles. The summed E-state index contributed by atoms with van der Waals surface area (Å²) in [6, 6.07) is 8.52. The molecule has 7 nitrogen and oxygen atoms in total. The molecule has 2 aliphatic rings. The average molecular weight is 389 g/mol. The number of fused-ring (bicyclic) bond motifs is 1. The predicted octanol–water partition coefficient (Wildman–Crippen LogP) is 0.860. The summed E-state index contributed by atoms with van der Waals surface area (Å²) in [6.07, 6.45) is 3.66. The van der Waals surface area contributed by atoms with Crippen LogP contribution in [-0.2, 0) is 16.1 Å². The lowest BCUT2D eigenvalue weighted by atomic mass is 9.97. The Morgan fingerprint density at radius 1 is 1.25 bits per heavy atom. The molecule has 1 aromatic rings. The van der Waals surface area contributed by atoms with Crippen molar-refractivity contribution in [1.82, 2.24) is 15.5 Å². The molecule has 5 atom stereocenters. The van der Waals surface area contributed by atoms with E-state index in [0.29, 0.717) is 25.8 Å². The second-order valence-corrected chi connectivity index (χ2v) is 7.89. The minimum atomic E-state index is -0.918. The number of hydrogen-bond donors (Lipinski definition) is 4. The van der Waals surface area contributed by atoms with E-state index in [1.54, 1.807) is 4.90 Å². The van der Waals surface area contributed by atoms with Gasteiger partial charge < -0.3 is 21.1 Å². The zero-order valence-corrected chi connectivity index (χ0v) is 16.5. The molecule has 28 heavy (non-hydrogen) atoms. The normalized spacial score (nSPS) is 26.6. The van der Waals surface area contributed by atoms with E-state index in [9.17, 15) is 14.7 Å². The lowest BCUT2D eigenvalue weighted by Gasteiger charge is -2.39. The molecule has 0 aromatic heterocycles. The first-order chi connectivity index (χ1) is 13.5. The Morgan fingerprint density at radius 2 is 1.96 bits per heavy atom. The fourth-order valence-electron chi connectivity index (χ4n) is 4.30. The van der Waals surface area contributed by atoms with Crippen LogP contribution >= 0.6 is 0 Å². The number of nitrogens with zero attached hydrogens (tertiary/aromatic N) is 1. The first kappa shape index (κ1) is 20.8. The van der Waals surface area contributed by atoms with Gasteiger partial charge in [0.05, 0.1) is 6.04 Å². The van der Waals surface area contributed by atoms with Gasteiger partial charge in [0.15, 0.2) is 0 Å². The van der Waals surface area contributed by atoms with Crippen LogP contribution in [-0.4, -0.2) is 52.2 Å². The molecule has 3 rings (SSSR count). The smallest absolute Gasteiger partial charge is 0.243 e. The average Bonchev–Trinajstić information content (AvgIpc) is 3.14. The van der Waals surface area contributed by atoms with Crippen molar-refractivity contribution < 1.29 is 14.7 Å². The van der Waals surface area contributed by atoms with Gasteiger partial charge in [0, 0.05) is 18.6 Å². The Labute approximate surface area is 166 Å². The Morgan fingerprint density at radius 3 is 2.68 bits per heavy atom. The van der Waals surface area contributed by atoms with Gasteiger partial charge in [0.2, 0.25) is 11.8 Å². The van der Waals surface area contributed by atoms with Crippen molar-refractivity contribution in [3.05, 3.63) is 35.9 Å². The number of aliphatic hydroxyl groups excluding tert-OH is 1. The minimum absolute atomic E-state index is 0.101. The number of piperidine rings is 1. The summed E-state index contributed by atoms with van der Waals surface area (Å²) in [7, 11) is 0. The van der Waals surface area contributed by atoms with Crippen LogP contribution in [0.4, 0.5) is 0 Å². The van der Waals surface area contributed by atoms with Gasteiger partial charge in [-0.1, -0.05) is 43.7 Å². The number of nitrogens with one attached hydrogen (secondary N) is 2. The van der Waals surface area contributed by atoms with Crippen molar-refractivity contribution in [2.45, 2.75) is 82.4 Å². The van der Waals surface area contributed by atoms with Gasteiger partial charge in [0.1, 0.15) is 12.3 Å². The van der Waals surface area contributed by atoms with Crippen molar-refractivity contribution in [2.24, 2.45) is 5.73 Å². The highest BCUT2D eigenvalue weighted by Gasteiger charge is 2.46. The second-order valence-electron chi connectivity index (χ2n) is 7.89. The van der Waals surface area contributed by atoms with Gasteiger partial charge >= 0.3 is 0 Å². The van der Waals surface area contributed by atoms with Gasteiger partial charge in [-0.05, 0) is 37.7 Å². The van der Waals surface area contributed by atoms with E-state index in [4.69, 9.17) is 5.73 Å². The molecule has 5 N–H and O–H groups in total. The summed E-state index contributed by atoms with van der Waals surface area (Å²) in [6.45, 7) is 2.46. The number of amides is 2. The second kappa shape index (κ2) is 9.49. The Hall–Kier alpha value is -1.96. The maximum atomic E-state index is 13.0. The quantitative estimate of drug-likeness (QED) is 0.494. The number of carbonyl (C=O) groups is 2. The number of carbonyl (C=O) groups excluding carboxylic acids is 2. The predicted molar refractivity (Wildman–Crippen MR) is 107 cm³/mol. The van der Waals surface area contributed by atoms with Crippen molar-refractivity contribution in [1.29, 1.82) is 0 Å². The first-order valence-electron chi connectivity index (χ1n) is 10.3. The maximum absolute atomic E-state index is 13.0. The molecule has 154 valence electrons. The third kappa shape index (κ3) is 4.71. The van der Waals surface area contributed by atoms with E-state index in [1.807, 2.05) is 37.3 Å². The lowest BCUT2D eigenvalue weighted by molar-refractivity contribution is -0.145. The minimum Gasteiger partial charge on any atom is -0.377 e. The van der Waals surface area contributed by atoms with E-state index in [2.05, 4.69) is 10.6 Å². The number of hydrogen-bond acceptors (Lipinski definition) is 5. The molecule has 0 spiro atoms. The van der Waals surface area contributed by atoms with Crippen LogP contribution in [0.1, 0.15) is 51.0 Å². The molecule has 1 unspecified atom stereocenters. The third-order valence-electron chi connectivity index (χ3n) is 5.86. The summed E-state index contributed by atoms with van der Waals surface area (Å²) in [5.41, 5.74) is 7.00. The van der Waals surface area contributed by atoms with Crippen molar-refractivity contribution in [2.75, 3.05) is 0 Å². The van der Waals surface area contributed by atoms with Crippen LogP contribution in [0.15, 0.2) is 30.3 Å². The van der Waals surface area contributed by atoms with Crippen LogP contribution in [0.2, 0.25) is 0 Å². The van der Waals surface area contributed by atoms with Gasteiger partial charge in [-0.2, -0.15) is 0 Å². The standard InChI is InChI=1S/C21H32N4O3/c1-2-6-16(22)19(26)24-17-11-9-15-10-12-18(25(15)21(17)28)20(27)23-13-14-7-4-3-5-8-14/h3-5,7-8,15-19,24,26H,2,6,9-13,22H2,1H3,(H,23,27)/t15-,16-,17-,18-,19?/m0/s1. The molecule has 2 aliphatic heterocycles. The molecule has 0 aliphatic carbocycles. The number of benzene rings is 1. The zero-order chi connectivity index (χ0) is 20.1. The SMILES string of the molecule is CCC[C@H](N)C(O)N[C@H]1CC[C@H]2CC[C@@H](C(=O)NCc3ccccc3)N2C1=O. The summed E-state index contributed by atoms with van der Waals surface area (Å²) < 4.78 is 0. The fourth-order valence-corrected chi connectivity index (χ4v) is 4.30. The topological polar surface area (TPSA) is 108 Å². The van der Waals surface area contributed by atoms with Crippen LogP contribution in [0, 0.1) is 0 Å². The molecule has 0 bridgehead atoms. The monoisotopic (exact) mass is 388 g/mol. The fraction of sp³-hybridized carbons (Fsp3) is 0.619. The Bertz CT molecular complexity index is 669. The number of aliphatic hydroxyl groups is 1. The van der Waals surface area contributed by atoms with Gasteiger partial charge in [-0.15, -0.1) is 0 Å². The van der Waals surface area contributed by atoms with Crippen molar-refractivity contribution in [3.8, 4) is 0 Å². The van der Waals surface area contributed by atoms with Gasteiger partial charge in [-0.3, -0.25) is 14.9 Å². The molecule has 2 fully saturated rings. The Kier molecular flexibility index (Phi) is 7.04. The van der Waals surface area contributed by atoms with Gasteiger partial charge in [0.25, 0.3) is 0 Å². The van der Waals surface area contributed by atoms with Crippen molar-refractivity contribution in [3.63, 3.8) is 0 Å². The lowest BCUT2D eigenvalue weighted by Crippen LogP contribution is -2.61. The largest absolute Gasteiger partial charge is 0.377 e. The molecule has 2 heterocycles. The number of nitrogens with two attached hydrogens (primary N) is 1. The highest BCUT2D eigenvalue weighted by atomic mass is 16.3. The molecule has 7 heteroatoms. The summed E-state index contributed by atoms with van der Waals surface area (Å²) in [5.74, 6) is -0.208. The molecule has 0 radical (unpaired) electrons. The van der Waals surface area contributed by atoms with Crippen LogP contribution in [0.5, 0.6) is 0 Å². The Balaban J connectivity index is 1.59. The van der Waals surface area contributed by atoms with E-state index in [1.165, 1.54) is 0 Å². The van der Waals surface area contributed by atoms with E-state index in [-0.39, 0.29) is 17.9 Å².